The number of benzene rings is 4. The number of amides is 2. The van der Waals surface area contributed by atoms with Gasteiger partial charge in [-0.05, 0) is 23.1 Å². The second-order valence-corrected chi connectivity index (χ2v) is 7.01. The van der Waals surface area contributed by atoms with Gasteiger partial charge in [0.1, 0.15) is 11.5 Å². The number of para-hydroxylation sites is 1. The zero-order chi connectivity index (χ0) is 22.2. The lowest BCUT2D eigenvalue weighted by atomic mass is 10.1. The van der Waals surface area contributed by atoms with Gasteiger partial charge in [0.2, 0.25) is 0 Å². The van der Waals surface area contributed by atoms with E-state index in [9.17, 15) is 9.59 Å². The number of hydrogen-bond donors (Lipinski definition) is 2. The zero-order valence-electron chi connectivity index (χ0n) is 17.3. The number of hydrogen-bond acceptors (Lipinski definition) is 4. The molecule has 0 saturated heterocycles. The molecule has 0 fully saturated rings. The second-order valence-electron chi connectivity index (χ2n) is 7.01. The van der Waals surface area contributed by atoms with Crippen molar-refractivity contribution in [1.29, 1.82) is 0 Å². The third-order valence-electron chi connectivity index (χ3n) is 4.78. The van der Waals surface area contributed by atoms with Crippen LogP contribution in [0.4, 0.5) is 0 Å². The predicted molar refractivity (Wildman–Crippen MR) is 123 cm³/mol. The molecule has 160 valence electrons. The summed E-state index contributed by atoms with van der Waals surface area (Å²) in [7, 11) is 0. The molecule has 2 N–H and O–H groups in total. The van der Waals surface area contributed by atoms with E-state index in [0.29, 0.717) is 11.5 Å². The maximum Gasteiger partial charge on any atom is 0.276 e. The fourth-order valence-electron chi connectivity index (χ4n) is 3.27. The molecule has 0 aliphatic carbocycles. The molecule has 0 heterocycles. The molecule has 4 aromatic carbocycles. The largest absolute Gasteiger partial charge is 0.483 e. The van der Waals surface area contributed by atoms with Crippen molar-refractivity contribution >= 4 is 22.6 Å². The highest BCUT2D eigenvalue weighted by Gasteiger charge is 2.10. The summed E-state index contributed by atoms with van der Waals surface area (Å²) in [5, 5.41) is 1.93. The number of carbonyl (C=O) groups is 2. The average Bonchev–Trinajstić information content (AvgIpc) is 2.85. The highest BCUT2D eigenvalue weighted by Crippen LogP contribution is 2.29. The summed E-state index contributed by atoms with van der Waals surface area (Å²) in [4.78, 5) is 24.2. The Labute approximate surface area is 185 Å². The number of nitrogens with one attached hydrogen (secondary N) is 2. The van der Waals surface area contributed by atoms with E-state index in [-0.39, 0.29) is 13.2 Å². The Bertz CT molecular complexity index is 1220. The molecular weight excluding hydrogens is 404 g/mol. The maximum absolute atomic E-state index is 12.1. The van der Waals surface area contributed by atoms with Crippen LogP contribution in [0.15, 0.2) is 97.1 Å². The van der Waals surface area contributed by atoms with E-state index in [2.05, 4.69) is 10.9 Å². The Morgan fingerprint density at radius 2 is 1.16 bits per heavy atom. The average molecular weight is 426 g/mol. The number of carbonyl (C=O) groups excluding carboxylic acids is 2. The summed E-state index contributed by atoms with van der Waals surface area (Å²) in [5.74, 6) is 0.229. The Morgan fingerprint density at radius 1 is 0.594 bits per heavy atom. The van der Waals surface area contributed by atoms with Crippen LogP contribution in [0.3, 0.4) is 0 Å². The van der Waals surface area contributed by atoms with Crippen molar-refractivity contribution in [1.82, 2.24) is 10.9 Å². The van der Waals surface area contributed by atoms with Crippen LogP contribution in [-0.4, -0.2) is 25.0 Å². The fourth-order valence-corrected chi connectivity index (χ4v) is 3.27. The van der Waals surface area contributed by atoms with E-state index in [0.717, 1.165) is 21.9 Å². The number of hydrazine groups is 1. The van der Waals surface area contributed by atoms with E-state index in [1.807, 2.05) is 84.9 Å². The van der Waals surface area contributed by atoms with Crippen molar-refractivity contribution in [2.24, 2.45) is 0 Å². The lowest BCUT2D eigenvalue weighted by Gasteiger charge is -2.13. The topological polar surface area (TPSA) is 76.7 Å². The Morgan fingerprint density at radius 3 is 1.94 bits per heavy atom. The number of fused-ring (bicyclic) bond motifs is 1. The third-order valence-corrected chi connectivity index (χ3v) is 4.78. The van der Waals surface area contributed by atoms with Crippen LogP contribution < -0.4 is 20.3 Å². The SMILES string of the molecule is O=C(COc1ccccc1-c1ccccc1)NNC(=O)COc1cccc2ccccc12. The first-order chi connectivity index (χ1) is 15.7. The van der Waals surface area contributed by atoms with Gasteiger partial charge in [-0.25, -0.2) is 0 Å². The van der Waals surface area contributed by atoms with Crippen LogP contribution >= 0.6 is 0 Å². The Hall–Kier alpha value is -4.32. The van der Waals surface area contributed by atoms with E-state index >= 15 is 0 Å². The standard InChI is InChI=1S/C26H22N2O4/c29-25(17-31-23-15-7-6-14-21(23)19-9-2-1-3-10-19)27-28-26(30)18-32-24-16-8-12-20-11-4-5-13-22(20)24/h1-16H,17-18H2,(H,27,29)(H,28,30). The molecule has 0 aliphatic heterocycles. The van der Waals surface area contributed by atoms with Crippen molar-refractivity contribution in [3.8, 4) is 22.6 Å². The van der Waals surface area contributed by atoms with Gasteiger partial charge in [-0.15, -0.1) is 0 Å². The van der Waals surface area contributed by atoms with Crippen molar-refractivity contribution in [2.45, 2.75) is 0 Å². The maximum atomic E-state index is 12.1. The van der Waals surface area contributed by atoms with Crippen LogP contribution in [0.1, 0.15) is 0 Å². The van der Waals surface area contributed by atoms with Crippen LogP contribution in [0.5, 0.6) is 11.5 Å². The molecule has 4 rings (SSSR count). The van der Waals surface area contributed by atoms with Crippen molar-refractivity contribution in [3.63, 3.8) is 0 Å². The Balaban J connectivity index is 1.26. The van der Waals surface area contributed by atoms with Gasteiger partial charge in [-0.2, -0.15) is 0 Å². The number of ether oxygens (including phenoxy) is 2. The molecule has 0 saturated carbocycles. The summed E-state index contributed by atoms with van der Waals surface area (Å²) >= 11 is 0. The second kappa shape index (κ2) is 10.1. The molecule has 0 atom stereocenters. The predicted octanol–water partition coefficient (Wildman–Crippen LogP) is 4.11. The normalized spacial score (nSPS) is 10.4. The van der Waals surface area contributed by atoms with Gasteiger partial charge in [-0.3, -0.25) is 20.4 Å². The van der Waals surface area contributed by atoms with Gasteiger partial charge in [0.15, 0.2) is 13.2 Å². The van der Waals surface area contributed by atoms with Crippen LogP contribution in [0.2, 0.25) is 0 Å². The van der Waals surface area contributed by atoms with Crippen LogP contribution in [0, 0.1) is 0 Å². The lowest BCUT2D eigenvalue weighted by molar-refractivity contribution is -0.130. The molecule has 0 aromatic heterocycles. The van der Waals surface area contributed by atoms with Gasteiger partial charge in [0.05, 0.1) is 0 Å². The first kappa shape index (κ1) is 20.9. The minimum absolute atomic E-state index is 0.230. The summed E-state index contributed by atoms with van der Waals surface area (Å²) in [6.45, 7) is -0.472. The van der Waals surface area contributed by atoms with Gasteiger partial charge in [-0.1, -0.05) is 84.9 Å². The molecule has 4 aromatic rings. The van der Waals surface area contributed by atoms with Gasteiger partial charge < -0.3 is 9.47 Å². The lowest BCUT2D eigenvalue weighted by Crippen LogP contribution is -2.45. The summed E-state index contributed by atoms with van der Waals surface area (Å²) in [5.41, 5.74) is 6.55. The highest BCUT2D eigenvalue weighted by atomic mass is 16.5. The molecular formula is C26H22N2O4. The van der Waals surface area contributed by atoms with Gasteiger partial charge in [0, 0.05) is 10.9 Å². The minimum atomic E-state index is -0.480. The van der Waals surface area contributed by atoms with Crippen molar-refractivity contribution in [2.75, 3.05) is 13.2 Å². The van der Waals surface area contributed by atoms with Gasteiger partial charge >= 0.3 is 0 Å². The fraction of sp³-hybridized carbons (Fsp3) is 0.0769. The van der Waals surface area contributed by atoms with Crippen LogP contribution in [-0.2, 0) is 9.59 Å². The smallest absolute Gasteiger partial charge is 0.276 e. The highest BCUT2D eigenvalue weighted by molar-refractivity contribution is 5.89. The Kier molecular flexibility index (Phi) is 6.63. The summed E-state index contributed by atoms with van der Waals surface area (Å²) in [6.07, 6.45) is 0. The van der Waals surface area contributed by atoms with E-state index in [4.69, 9.17) is 9.47 Å². The quantitative estimate of drug-likeness (QED) is 0.436. The molecule has 0 unspecified atom stereocenters. The molecule has 32 heavy (non-hydrogen) atoms. The van der Waals surface area contributed by atoms with E-state index in [1.165, 1.54) is 0 Å². The van der Waals surface area contributed by atoms with E-state index < -0.39 is 11.8 Å². The van der Waals surface area contributed by atoms with Crippen LogP contribution in [0.25, 0.3) is 21.9 Å². The van der Waals surface area contributed by atoms with E-state index in [1.54, 1.807) is 12.1 Å². The molecule has 6 heteroatoms. The first-order valence-corrected chi connectivity index (χ1v) is 10.2. The monoisotopic (exact) mass is 426 g/mol. The molecule has 0 bridgehead atoms. The molecule has 0 spiro atoms. The number of rotatable bonds is 7. The summed E-state index contributed by atoms with van der Waals surface area (Å²) in [6, 6.07) is 30.6. The van der Waals surface area contributed by atoms with Crippen molar-refractivity contribution in [3.05, 3.63) is 97.1 Å². The molecule has 2 amide bonds. The first-order valence-electron chi connectivity index (χ1n) is 10.2. The minimum Gasteiger partial charge on any atom is -0.483 e. The molecule has 0 radical (unpaired) electrons. The third kappa shape index (κ3) is 5.23. The van der Waals surface area contributed by atoms with Crippen molar-refractivity contribution < 1.29 is 19.1 Å². The zero-order valence-corrected chi connectivity index (χ0v) is 17.3. The molecule has 0 aliphatic rings. The van der Waals surface area contributed by atoms with Gasteiger partial charge in [0.25, 0.3) is 11.8 Å². The summed E-state index contributed by atoms with van der Waals surface area (Å²) < 4.78 is 11.3. The molecule has 6 nitrogen and oxygen atoms in total.